The van der Waals surface area contributed by atoms with Gasteiger partial charge in [0.15, 0.2) is 0 Å². The molecule has 2 N–H and O–H groups in total. The molecular formula is C11H13N3. The monoisotopic (exact) mass is 187 g/mol. The van der Waals surface area contributed by atoms with Gasteiger partial charge >= 0.3 is 0 Å². The van der Waals surface area contributed by atoms with E-state index in [4.69, 9.17) is 0 Å². The minimum absolute atomic E-state index is 1.01. The first kappa shape index (κ1) is 7.85. The van der Waals surface area contributed by atoms with E-state index in [-0.39, 0.29) is 0 Å². The van der Waals surface area contributed by atoms with Crippen molar-refractivity contribution in [2.75, 3.05) is 11.9 Å². The van der Waals surface area contributed by atoms with Gasteiger partial charge in [0.25, 0.3) is 0 Å². The first-order valence-corrected chi connectivity index (χ1v) is 5.05. The van der Waals surface area contributed by atoms with Gasteiger partial charge in [-0.1, -0.05) is 0 Å². The number of anilines is 1. The zero-order valence-corrected chi connectivity index (χ0v) is 8.22. The van der Waals surface area contributed by atoms with Crippen LogP contribution in [0.15, 0.2) is 12.4 Å². The maximum absolute atomic E-state index is 4.39. The first-order valence-electron chi connectivity index (χ1n) is 5.05. The highest BCUT2D eigenvalue weighted by Gasteiger charge is 2.14. The number of nitrogens with one attached hydrogen (secondary N) is 2. The lowest BCUT2D eigenvalue weighted by molar-refractivity contribution is 0.877. The third-order valence-corrected chi connectivity index (χ3v) is 2.90. The highest BCUT2D eigenvalue weighted by atomic mass is 14.9. The van der Waals surface area contributed by atoms with E-state index in [0.717, 1.165) is 18.6 Å². The molecule has 0 aliphatic carbocycles. The molecule has 3 rings (SSSR count). The summed E-state index contributed by atoms with van der Waals surface area (Å²) in [5.74, 6) is 0. The molecule has 72 valence electrons. The van der Waals surface area contributed by atoms with E-state index in [9.17, 15) is 0 Å². The molecule has 2 aromatic rings. The van der Waals surface area contributed by atoms with Crippen LogP contribution in [0.2, 0.25) is 0 Å². The maximum atomic E-state index is 4.39. The molecule has 14 heavy (non-hydrogen) atoms. The van der Waals surface area contributed by atoms with E-state index >= 15 is 0 Å². The second-order valence-electron chi connectivity index (χ2n) is 3.88. The van der Waals surface area contributed by atoms with E-state index in [0.29, 0.717) is 0 Å². The number of aryl methyl sites for hydroxylation is 2. The van der Waals surface area contributed by atoms with Crippen molar-refractivity contribution in [3.63, 3.8) is 0 Å². The Morgan fingerprint density at radius 3 is 3.29 bits per heavy atom. The second kappa shape index (κ2) is 2.74. The zero-order valence-electron chi connectivity index (χ0n) is 8.22. The average molecular weight is 187 g/mol. The molecule has 0 aromatic carbocycles. The summed E-state index contributed by atoms with van der Waals surface area (Å²) < 4.78 is 0. The van der Waals surface area contributed by atoms with Crippen LogP contribution in [0.1, 0.15) is 17.5 Å². The summed E-state index contributed by atoms with van der Waals surface area (Å²) in [6.45, 7) is 3.17. The van der Waals surface area contributed by atoms with Crippen LogP contribution in [0.5, 0.6) is 0 Å². The summed E-state index contributed by atoms with van der Waals surface area (Å²) in [5, 5.41) is 4.78. The topological polar surface area (TPSA) is 40.7 Å². The Bertz CT molecular complexity index is 484. The molecule has 0 saturated carbocycles. The Kier molecular flexibility index (Phi) is 1.54. The van der Waals surface area contributed by atoms with E-state index in [1.807, 2.05) is 6.20 Å². The summed E-state index contributed by atoms with van der Waals surface area (Å²) in [6.07, 6.45) is 6.36. The number of hydrogen-bond donors (Lipinski definition) is 2. The Balaban J connectivity index is 2.42. The van der Waals surface area contributed by atoms with Gasteiger partial charge < -0.3 is 10.3 Å². The summed E-state index contributed by atoms with van der Waals surface area (Å²) in [7, 11) is 0. The quantitative estimate of drug-likeness (QED) is 0.664. The number of aromatic nitrogens is 2. The van der Waals surface area contributed by atoms with Gasteiger partial charge in [-0.2, -0.15) is 0 Å². The second-order valence-corrected chi connectivity index (χ2v) is 3.88. The van der Waals surface area contributed by atoms with Gasteiger partial charge in [-0.25, -0.2) is 4.98 Å². The summed E-state index contributed by atoms with van der Waals surface area (Å²) in [5.41, 5.74) is 4.91. The highest BCUT2D eigenvalue weighted by molar-refractivity contribution is 5.94. The van der Waals surface area contributed by atoms with Gasteiger partial charge in [0.2, 0.25) is 0 Å². The normalized spacial score (nSPS) is 15.2. The Hall–Kier alpha value is -1.51. The smallest absolute Gasteiger partial charge is 0.139 e. The van der Waals surface area contributed by atoms with Crippen molar-refractivity contribution in [3.8, 4) is 0 Å². The van der Waals surface area contributed by atoms with Crippen molar-refractivity contribution < 1.29 is 0 Å². The Morgan fingerprint density at radius 2 is 2.36 bits per heavy atom. The standard InChI is InChI=1S/C11H13N3/c1-7-5-13-11-9-8(6-14-11)3-2-4-12-10(7)9/h5-6,12H,2-4H2,1H3,(H,13,14). The maximum Gasteiger partial charge on any atom is 0.139 e. The SMILES string of the molecule is Cc1cnc2[nH]cc3c2c1NCCC3. The lowest BCUT2D eigenvalue weighted by Crippen LogP contribution is -2.01. The molecule has 2 aromatic heterocycles. The molecular weight excluding hydrogens is 174 g/mol. The van der Waals surface area contributed by atoms with Gasteiger partial charge in [0, 0.05) is 30.0 Å². The molecule has 1 aliphatic rings. The fourth-order valence-electron chi connectivity index (χ4n) is 2.17. The molecule has 0 bridgehead atoms. The molecule has 3 heteroatoms. The van der Waals surface area contributed by atoms with Gasteiger partial charge in [0.05, 0.1) is 0 Å². The number of nitrogens with zero attached hydrogens (tertiary/aromatic N) is 1. The van der Waals surface area contributed by atoms with Gasteiger partial charge in [0.1, 0.15) is 5.65 Å². The molecule has 0 fully saturated rings. The van der Waals surface area contributed by atoms with Crippen molar-refractivity contribution in [1.29, 1.82) is 0 Å². The lowest BCUT2D eigenvalue weighted by Gasteiger charge is -2.07. The number of aromatic amines is 1. The van der Waals surface area contributed by atoms with Crippen LogP contribution in [0, 0.1) is 6.92 Å². The third-order valence-electron chi connectivity index (χ3n) is 2.90. The summed E-state index contributed by atoms with van der Waals surface area (Å²) in [4.78, 5) is 7.61. The molecule has 3 heterocycles. The highest BCUT2D eigenvalue weighted by Crippen LogP contribution is 2.30. The summed E-state index contributed by atoms with van der Waals surface area (Å²) in [6, 6.07) is 0. The van der Waals surface area contributed by atoms with Crippen molar-refractivity contribution >= 4 is 16.7 Å². The van der Waals surface area contributed by atoms with Crippen molar-refractivity contribution in [3.05, 3.63) is 23.5 Å². The number of rotatable bonds is 0. The fourth-order valence-corrected chi connectivity index (χ4v) is 2.17. The third kappa shape index (κ3) is 0.953. The van der Waals surface area contributed by atoms with Crippen LogP contribution < -0.4 is 5.32 Å². The van der Waals surface area contributed by atoms with Crippen LogP contribution in [0.25, 0.3) is 11.0 Å². The minimum atomic E-state index is 1.01. The van der Waals surface area contributed by atoms with Crippen LogP contribution in [0.3, 0.4) is 0 Å². The minimum Gasteiger partial charge on any atom is -0.384 e. The number of H-pyrrole nitrogens is 1. The summed E-state index contributed by atoms with van der Waals surface area (Å²) >= 11 is 0. The van der Waals surface area contributed by atoms with Crippen molar-refractivity contribution in [1.82, 2.24) is 9.97 Å². The predicted molar refractivity (Wildman–Crippen MR) is 57.6 cm³/mol. The van der Waals surface area contributed by atoms with Crippen LogP contribution in [-0.4, -0.2) is 16.5 Å². The number of hydrogen-bond acceptors (Lipinski definition) is 2. The molecule has 1 aliphatic heterocycles. The van der Waals surface area contributed by atoms with Crippen molar-refractivity contribution in [2.45, 2.75) is 19.8 Å². The molecule has 0 saturated heterocycles. The van der Waals surface area contributed by atoms with Crippen molar-refractivity contribution in [2.24, 2.45) is 0 Å². The van der Waals surface area contributed by atoms with Crippen LogP contribution in [-0.2, 0) is 6.42 Å². The molecule has 3 nitrogen and oxygen atoms in total. The van der Waals surface area contributed by atoms with Gasteiger partial charge in [-0.05, 0) is 30.9 Å². The predicted octanol–water partition coefficient (Wildman–Crippen LogP) is 2.23. The van der Waals surface area contributed by atoms with E-state index in [1.54, 1.807) is 0 Å². The van der Waals surface area contributed by atoms with E-state index in [2.05, 4.69) is 28.4 Å². The fraction of sp³-hybridized carbons (Fsp3) is 0.364. The number of pyridine rings is 1. The molecule has 0 amide bonds. The van der Waals surface area contributed by atoms with E-state index < -0.39 is 0 Å². The first-order chi connectivity index (χ1) is 6.86. The lowest BCUT2D eigenvalue weighted by atomic mass is 10.1. The van der Waals surface area contributed by atoms with Gasteiger partial charge in [-0.3, -0.25) is 0 Å². The van der Waals surface area contributed by atoms with Gasteiger partial charge in [-0.15, -0.1) is 0 Å². The molecule has 0 atom stereocenters. The molecule has 0 radical (unpaired) electrons. The largest absolute Gasteiger partial charge is 0.384 e. The Morgan fingerprint density at radius 1 is 1.43 bits per heavy atom. The Labute approximate surface area is 82.5 Å². The van der Waals surface area contributed by atoms with E-state index in [1.165, 1.54) is 28.6 Å². The molecule has 0 unspecified atom stereocenters. The molecule has 0 spiro atoms. The average Bonchev–Trinajstić information content (AvgIpc) is 2.46. The van der Waals surface area contributed by atoms with Crippen LogP contribution in [0.4, 0.5) is 5.69 Å². The van der Waals surface area contributed by atoms with Crippen LogP contribution >= 0.6 is 0 Å². The zero-order chi connectivity index (χ0) is 9.54.